The van der Waals surface area contributed by atoms with Crippen molar-refractivity contribution in [3.63, 3.8) is 0 Å². The third-order valence-corrected chi connectivity index (χ3v) is 6.28. The molecule has 2 heterocycles. The Bertz CT molecular complexity index is 874. The van der Waals surface area contributed by atoms with Gasteiger partial charge in [0.1, 0.15) is 0 Å². The van der Waals surface area contributed by atoms with E-state index < -0.39 is 0 Å². The Morgan fingerprint density at radius 3 is 2.72 bits per heavy atom. The fourth-order valence-electron chi connectivity index (χ4n) is 4.44. The Hall–Kier alpha value is -2.57. The molecule has 32 heavy (non-hydrogen) atoms. The van der Waals surface area contributed by atoms with Crippen molar-refractivity contribution in [3.05, 3.63) is 59.7 Å². The molecule has 6 nitrogen and oxygen atoms in total. The second-order valence-corrected chi connectivity index (χ2v) is 8.76. The molecule has 4 rings (SSSR count). The molecular weight excluding hydrogens is 402 g/mol. The van der Waals surface area contributed by atoms with Crippen LogP contribution in [-0.4, -0.2) is 68.7 Å². The second kappa shape index (κ2) is 11.3. The quantitative estimate of drug-likeness (QED) is 0.643. The number of amides is 1. The van der Waals surface area contributed by atoms with E-state index in [-0.39, 0.29) is 5.91 Å². The summed E-state index contributed by atoms with van der Waals surface area (Å²) in [4.78, 5) is 17.3. The maximum Gasteiger partial charge on any atom is 0.220 e. The summed E-state index contributed by atoms with van der Waals surface area (Å²) in [6.45, 7) is 6.28. The number of fused-ring (bicyclic) bond motifs is 1. The Morgan fingerprint density at radius 2 is 1.88 bits per heavy atom. The fourth-order valence-corrected chi connectivity index (χ4v) is 4.44. The molecule has 2 aliphatic rings. The van der Waals surface area contributed by atoms with Crippen LogP contribution in [0, 0.1) is 0 Å². The van der Waals surface area contributed by atoms with E-state index in [4.69, 9.17) is 9.47 Å². The van der Waals surface area contributed by atoms with Gasteiger partial charge >= 0.3 is 0 Å². The smallest absolute Gasteiger partial charge is 0.220 e. The zero-order valence-electron chi connectivity index (χ0n) is 19.1. The summed E-state index contributed by atoms with van der Waals surface area (Å²) in [5, 5.41) is 3.10. The predicted octanol–water partition coefficient (Wildman–Crippen LogP) is 3.28. The van der Waals surface area contributed by atoms with Crippen molar-refractivity contribution in [1.29, 1.82) is 0 Å². The average Bonchev–Trinajstić information content (AvgIpc) is 3.07. The number of hydrogen-bond donors (Lipinski definition) is 1. The molecule has 2 aromatic carbocycles. The molecule has 1 amide bonds. The molecule has 0 radical (unpaired) electrons. The van der Waals surface area contributed by atoms with Gasteiger partial charge in [-0.2, -0.15) is 0 Å². The average molecular weight is 438 g/mol. The Balaban J connectivity index is 1.19. The number of nitrogens with zero attached hydrogens (tertiary/aromatic N) is 2. The lowest BCUT2D eigenvalue weighted by Crippen LogP contribution is -2.47. The lowest BCUT2D eigenvalue weighted by molar-refractivity contribution is -0.121. The Kier molecular flexibility index (Phi) is 8.02. The zero-order valence-corrected chi connectivity index (χ0v) is 19.1. The van der Waals surface area contributed by atoms with Gasteiger partial charge < -0.3 is 19.7 Å². The summed E-state index contributed by atoms with van der Waals surface area (Å²) in [6.07, 6.45) is 3.05. The lowest BCUT2D eigenvalue weighted by Gasteiger charge is -2.40. The zero-order chi connectivity index (χ0) is 22.2. The van der Waals surface area contributed by atoms with Crippen LogP contribution in [0.15, 0.2) is 48.5 Å². The van der Waals surface area contributed by atoms with E-state index in [1.165, 1.54) is 5.56 Å². The number of benzene rings is 2. The van der Waals surface area contributed by atoms with Gasteiger partial charge in [-0.3, -0.25) is 9.69 Å². The highest BCUT2D eigenvalue weighted by molar-refractivity contribution is 5.76. The Morgan fingerprint density at radius 1 is 1.06 bits per heavy atom. The highest BCUT2D eigenvalue weighted by Crippen LogP contribution is 2.30. The number of rotatable bonds is 8. The van der Waals surface area contributed by atoms with Crippen molar-refractivity contribution in [2.24, 2.45) is 0 Å². The molecule has 0 spiro atoms. The van der Waals surface area contributed by atoms with Crippen LogP contribution < -0.4 is 14.8 Å². The molecule has 2 aliphatic heterocycles. The number of aryl methyl sites for hydroxylation is 1. The summed E-state index contributed by atoms with van der Waals surface area (Å²) in [7, 11) is 2.19. The van der Waals surface area contributed by atoms with Gasteiger partial charge in [0.15, 0.2) is 11.5 Å². The van der Waals surface area contributed by atoms with Crippen molar-refractivity contribution < 1.29 is 14.3 Å². The maximum absolute atomic E-state index is 12.4. The van der Waals surface area contributed by atoms with Crippen LogP contribution >= 0.6 is 0 Å². The van der Waals surface area contributed by atoms with Crippen LogP contribution in [0.1, 0.15) is 36.4 Å². The summed E-state index contributed by atoms with van der Waals surface area (Å²) in [6, 6.07) is 17.1. The van der Waals surface area contributed by atoms with E-state index >= 15 is 0 Å². The molecule has 172 valence electrons. The number of ether oxygens (including phenoxy) is 2. The normalized spacial score (nSPS) is 19.3. The first-order chi connectivity index (χ1) is 15.7. The molecule has 1 unspecified atom stereocenters. The van der Waals surface area contributed by atoms with E-state index in [9.17, 15) is 4.79 Å². The summed E-state index contributed by atoms with van der Waals surface area (Å²) < 4.78 is 11.4. The lowest BCUT2D eigenvalue weighted by atomic mass is 10.0. The third kappa shape index (κ3) is 6.24. The number of carbonyl (C=O) groups is 1. The summed E-state index contributed by atoms with van der Waals surface area (Å²) in [5.41, 5.74) is 2.48. The van der Waals surface area contributed by atoms with Crippen molar-refractivity contribution in [2.75, 3.05) is 53.0 Å². The van der Waals surface area contributed by atoms with Gasteiger partial charge in [-0.25, -0.2) is 0 Å². The summed E-state index contributed by atoms with van der Waals surface area (Å²) in [5.74, 6) is 1.70. The summed E-state index contributed by atoms with van der Waals surface area (Å²) >= 11 is 0. The van der Waals surface area contributed by atoms with E-state index in [2.05, 4.69) is 52.5 Å². The van der Waals surface area contributed by atoms with E-state index in [1.54, 1.807) is 0 Å². The highest BCUT2D eigenvalue weighted by Gasteiger charge is 2.25. The van der Waals surface area contributed by atoms with Crippen LogP contribution in [-0.2, 0) is 11.2 Å². The molecule has 1 N–H and O–H groups in total. The third-order valence-electron chi connectivity index (χ3n) is 6.28. The van der Waals surface area contributed by atoms with Crippen molar-refractivity contribution in [1.82, 2.24) is 15.1 Å². The molecule has 0 saturated carbocycles. The van der Waals surface area contributed by atoms with Gasteiger partial charge in [0.2, 0.25) is 5.91 Å². The van der Waals surface area contributed by atoms with Crippen LogP contribution in [0.5, 0.6) is 11.5 Å². The van der Waals surface area contributed by atoms with Gasteiger partial charge in [-0.05, 0) is 43.1 Å². The predicted molar refractivity (Wildman–Crippen MR) is 126 cm³/mol. The van der Waals surface area contributed by atoms with Crippen molar-refractivity contribution in [3.8, 4) is 11.5 Å². The molecule has 1 atom stereocenters. The van der Waals surface area contributed by atoms with Gasteiger partial charge in [0.05, 0.1) is 13.2 Å². The van der Waals surface area contributed by atoms with Gasteiger partial charge in [0.25, 0.3) is 0 Å². The standard InChI is InChI=1S/C26H35N3O3/c1-28-15-16-29(23(20-28)22-7-3-2-4-8-22)14-5-13-27-26(30)12-10-21-9-11-24-25(19-21)32-18-6-17-31-24/h2-4,7-9,11,19,23H,5-6,10,12-18,20H2,1H3,(H,27,30). The van der Waals surface area contributed by atoms with E-state index in [0.717, 1.165) is 56.1 Å². The molecule has 0 aromatic heterocycles. The molecular formula is C26H35N3O3. The van der Waals surface area contributed by atoms with E-state index in [1.807, 2.05) is 18.2 Å². The highest BCUT2D eigenvalue weighted by atomic mass is 16.5. The van der Waals surface area contributed by atoms with Gasteiger partial charge in [-0.1, -0.05) is 36.4 Å². The monoisotopic (exact) mass is 437 g/mol. The van der Waals surface area contributed by atoms with E-state index in [0.29, 0.717) is 38.6 Å². The number of carbonyl (C=O) groups excluding carboxylic acids is 1. The van der Waals surface area contributed by atoms with Crippen molar-refractivity contribution in [2.45, 2.75) is 31.7 Å². The SMILES string of the molecule is CN1CCN(CCCNC(=O)CCc2ccc3c(c2)OCCCO3)C(c2ccccc2)C1. The number of likely N-dealkylation sites (N-methyl/N-ethyl adjacent to an activating group) is 1. The number of nitrogens with one attached hydrogen (secondary N) is 1. The molecule has 1 fully saturated rings. The molecule has 2 aromatic rings. The first-order valence-corrected chi connectivity index (χ1v) is 11.8. The molecule has 6 heteroatoms. The topological polar surface area (TPSA) is 54.0 Å². The Labute approximate surface area is 191 Å². The first-order valence-electron chi connectivity index (χ1n) is 11.8. The minimum Gasteiger partial charge on any atom is -0.490 e. The second-order valence-electron chi connectivity index (χ2n) is 8.76. The fraction of sp³-hybridized carbons (Fsp3) is 0.500. The number of piperazine rings is 1. The molecule has 0 aliphatic carbocycles. The number of hydrogen-bond acceptors (Lipinski definition) is 5. The first kappa shape index (κ1) is 22.6. The van der Waals surface area contributed by atoms with Crippen LogP contribution in [0.4, 0.5) is 0 Å². The van der Waals surface area contributed by atoms with Crippen LogP contribution in [0.2, 0.25) is 0 Å². The molecule has 1 saturated heterocycles. The largest absolute Gasteiger partial charge is 0.490 e. The van der Waals surface area contributed by atoms with Crippen LogP contribution in [0.3, 0.4) is 0 Å². The van der Waals surface area contributed by atoms with Gasteiger partial charge in [0, 0.05) is 51.6 Å². The van der Waals surface area contributed by atoms with Crippen LogP contribution in [0.25, 0.3) is 0 Å². The van der Waals surface area contributed by atoms with Crippen molar-refractivity contribution >= 4 is 5.91 Å². The minimum atomic E-state index is 0.107. The minimum absolute atomic E-state index is 0.107. The molecule has 0 bridgehead atoms. The maximum atomic E-state index is 12.4. The van der Waals surface area contributed by atoms with Gasteiger partial charge in [-0.15, -0.1) is 0 Å².